The third-order valence-electron chi connectivity index (χ3n) is 2.71. The molecule has 3 rings (SSSR count). The Labute approximate surface area is 120 Å². The molecule has 3 aromatic rings. The van der Waals surface area contributed by atoms with Crippen LogP contribution in [-0.4, -0.2) is 13.4 Å². The maximum Gasteiger partial charge on any atom is 0.261 e. The van der Waals surface area contributed by atoms with Gasteiger partial charge in [0.25, 0.3) is 10.0 Å². The minimum atomic E-state index is -3.65. The van der Waals surface area contributed by atoms with Gasteiger partial charge in [0.15, 0.2) is 12.0 Å². The number of aromatic nitrogens is 1. The molecule has 0 aliphatic rings. The van der Waals surface area contributed by atoms with Gasteiger partial charge in [0.1, 0.15) is 5.52 Å². The molecular formula is C13H9ClN2O3S. The van der Waals surface area contributed by atoms with Crippen molar-refractivity contribution in [3.63, 3.8) is 0 Å². The van der Waals surface area contributed by atoms with Gasteiger partial charge in [0, 0.05) is 5.02 Å². The van der Waals surface area contributed by atoms with Crippen LogP contribution < -0.4 is 4.72 Å². The largest absolute Gasteiger partial charge is 0.443 e. The molecule has 5 nitrogen and oxygen atoms in total. The smallest absolute Gasteiger partial charge is 0.261 e. The normalized spacial score (nSPS) is 11.7. The van der Waals surface area contributed by atoms with Crippen LogP contribution in [0.5, 0.6) is 0 Å². The lowest BCUT2D eigenvalue weighted by Crippen LogP contribution is -2.12. The first-order chi connectivity index (χ1) is 9.54. The van der Waals surface area contributed by atoms with Crippen molar-refractivity contribution in [3.8, 4) is 0 Å². The van der Waals surface area contributed by atoms with E-state index in [2.05, 4.69) is 9.71 Å². The van der Waals surface area contributed by atoms with Crippen molar-refractivity contribution in [3.05, 3.63) is 53.9 Å². The van der Waals surface area contributed by atoms with Crippen LogP contribution in [0.1, 0.15) is 0 Å². The minimum absolute atomic E-state index is 0.141. The Kier molecular flexibility index (Phi) is 3.11. The summed E-state index contributed by atoms with van der Waals surface area (Å²) in [6.45, 7) is 0. The van der Waals surface area contributed by atoms with Crippen LogP contribution in [0.2, 0.25) is 5.02 Å². The number of hydrogen-bond acceptors (Lipinski definition) is 4. The van der Waals surface area contributed by atoms with Crippen molar-refractivity contribution in [2.75, 3.05) is 4.72 Å². The number of rotatable bonds is 3. The zero-order valence-electron chi connectivity index (χ0n) is 10.1. The van der Waals surface area contributed by atoms with Gasteiger partial charge >= 0.3 is 0 Å². The Morgan fingerprint density at radius 2 is 1.85 bits per heavy atom. The van der Waals surface area contributed by atoms with Gasteiger partial charge in [-0.2, -0.15) is 0 Å². The molecule has 0 saturated carbocycles. The molecule has 0 saturated heterocycles. The molecule has 102 valence electrons. The van der Waals surface area contributed by atoms with Crippen molar-refractivity contribution >= 4 is 38.4 Å². The molecule has 0 fully saturated rings. The van der Waals surface area contributed by atoms with E-state index >= 15 is 0 Å². The fourth-order valence-electron chi connectivity index (χ4n) is 1.75. The second-order valence-electron chi connectivity index (χ2n) is 4.09. The third-order valence-corrected chi connectivity index (χ3v) is 4.36. The van der Waals surface area contributed by atoms with E-state index < -0.39 is 10.0 Å². The van der Waals surface area contributed by atoms with E-state index in [-0.39, 0.29) is 4.90 Å². The summed E-state index contributed by atoms with van der Waals surface area (Å²) >= 11 is 5.74. The molecule has 1 heterocycles. The summed E-state index contributed by atoms with van der Waals surface area (Å²) in [5.41, 5.74) is 1.60. The monoisotopic (exact) mass is 308 g/mol. The number of benzene rings is 2. The predicted molar refractivity (Wildman–Crippen MR) is 76.3 cm³/mol. The molecule has 0 radical (unpaired) electrons. The molecule has 0 aliphatic carbocycles. The summed E-state index contributed by atoms with van der Waals surface area (Å²) in [4.78, 5) is 4.12. The lowest BCUT2D eigenvalue weighted by Gasteiger charge is -2.07. The molecule has 0 unspecified atom stereocenters. The number of anilines is 1. The molecule has 0 atom stereocenters. The highest BCUT2D eigenvalue weighted by molar-refractivity contribution is 7.92. The standard InChI is InChI=1S/C13H9ClN2O3S/c14-9-1-4-11(5-2-9)20(17,18)16-10-3-6-13-12(7-10)15-8-19-13/h1-8,16H. The van der Waals surface area contributed by atoms with Crippen molar-refractivity contribution in [1.82, 2.24) is 4.98 Å². The van der Waals surface area contributed by atoms with Crippen LogP contribution >= 0.6 is 11.6 Å². The minimum Gasteiger partial charge on any atom is -0.443 e. The van der Waals surface area contributed by atoms with Crippen LogP contribution in [0.25, 0.3) is 11.1 Å². The number of oxazole rings is 1. The van der Waals surface area contributed by atoms with E-state index in [1.54, 1.807) is 18.2 Å². The maximum atomic E-state index is 12.2. The summed E-state index contributed by atoms with van der Waals surface area (Å²) in [5.74, 6) is 0. The second kappa shape index (κ2) is 4.81. The fourth-order valence-corrected chi connectivity index (χ4v) is 2.92. The highest BCUT2D eigenvalue weighted by Gasteiger charge is 2.14. The van der Waals surface area contributed by atoms with Gasteiger partial charge in [0.2, 0.25) is 0 Å². The average Bonchev–Trinajstić information content (AvgIpc) is 2.86. The first-order valence-electron chi connectivity index (χ1n) is 5.66. The fraction of sp³-hybridized carbons (Fsp3) is 0. The van der Waals surface area contributed by atoms with Gasteiger partial charge in [-0.3, -0.25) is 4.72 Å². The van der Waals surface area contributed by atoms with Crippen molar-refractivity contribution in [2.24, 2.45) is 0 Å². The maximum absolute atomic E-state index is 12.2. The number of halogens is 1. The first kappa shape index (κ1) is 13.0. The Balaban J connectivity index is 1.94. The summed E-state index contributed by atoms with van der Waals surface area (Å²) < 4.78 is 32.0. The molecule has 0 aliphatic heterocycles. The second-order valence-corrected chi connectivity index (χ2v) is 6.21. The van der Waals surface area contributed by atoms with Gasteiger partial charge in [-0.25, -0.2) is 13.4 Å². The molecule has 20 heavy (non-hydrogen) atoms. The Bertz CT molecular complexity index is 857. The summed E-state index contributed by atoms with van der Waals surface area (Å²) in [7, 11) is -3.65. The lowest BCUT2D eigenvalue weighted by atomic mass is 10.3. The molecule has 2 aromatic carbocycles. The quantitative estimate of drug-likeness (QED) is 0.806. The number of hydrogen-bond donors (Lipinski definition) is 1. The predicted octanol–water partition coefficient (Wildman–Crippen LogP) is 3.28. The molecule has 1 aromatic heterocycles. The Hall–Kier alpha value is -2.05. The zero-order chi connectivity index (χ0) is 14.2. The summed E-state index contributed by atoms with van der Waals surface area (Å²) in [6.07, 6.45) is 1.31. The van der Waals surface area contributed by atoms with Gasteiger partial charge in [0.05, 0.1) is 10.6 Å². The van der Waals surface area contributed by atoms with E-state index in [9.17, 15) is 8.42 Å². The van der Waals surface area contributed by atoms with E-state index in [0.29, 0.717) is 21.8 Å². The van der Waals surface area contributed by atoms with E-state index in [1.165, 1.54) is 30.7 Å². The van der Waals surface area contributed by atoms with Crippen LogP contribution in [0.3, 0.4) is 0 Å². The lowest BCUT2D eigenvalue weighted by molar-refractivity contribution is 0.600. The number of nitrogens with zero attached hydrogens (tertiary/aromatic N) is 1. The molecule has 0 amide bonds. The van der Waals surface area contributed by atoms with Crippen molar-refractivity contribution in [2.45, 2.75) is 4.90 Å². The SMILES string of the molecule is O=S(=O)(Nc1ccc2ocnc2c1)c1ccc(Cl)cc1. The highest BCUT2D eigenvalue weighted by atomic mass is 35.5. The molecular weight excluding hydrogens is 300 g/mol. The highest BCUT2D eigenvalue weighted by Crippen LogP contribution is 2.21. The van der Waals surface area contributed by atoms with E-state index in [1.807, 2.05) is 0 Å². The van der Waals surface area contributed by atoms with Crippen LogP contribution in [0.4, 0.5) is 5.69 Å². The topological polar surface area (TPSA) is 72.2 Å². The van der Waals surface area contributed by atoms with Gasteiger partial charge in [-0.15, -0.1) is 0 Å². The Morgan fingerprint density at radius 3 is 2.60 bits per heavy atom. The number of fused-ring (bicyclic) bond motifs is 1. The van der Waals surface area contributed by atoms with E-state index in [4.69, 9.17) is 16.0 Å². The van der Waals surface area contributed by atoms with Gasteiger partial charge in [-0.1, -0.05) is 11.6 Å². The van der Waals surface area contributed by atoms with Crippen LogP contribution in [0, 0.1) is 0 Å². The number of sulfonamides is 1. The van der Waals surface area contributed by atoms with Gasteiger partial charge < -0.3 is 4.42 Å². The summed E-state index contributed by atoms with van der Waals surface area (Å²) in [5, 5.41) is 0.480. The van der Waals surface area contributed by atoms with E-state index in [0.717, 1.165) is 0 Å². The molecule has 7 heteroatoms. The molecule has 0 bridgehead atoms. The third kappa shape index (κ3) is 2.48. The van der Waals surface area contributed by atoms with Crippen molar-refractivity contribution in [1.29, 1.82) is 0 Å². The van der Waals surface area contributed by atoms with Gasteiger partial charge in [-0.05, 0) is 42.5 Å². The Morgan fingerprint density at radius 1 is 1.10 bits per heavy atom. The van der Waals surface area contributed by atoms with Crippen molar-refractivity contribution < 1.29 is 12.8 Å². The first-order valence-corrected chi connectivity index (χ1v) is 7.52. The molecule has 0 spiro atoms. The van der Waals surface area contributed by atoms with Crippen LogP contribution in [0.15, 0.2) is 58.2 Å². The molecule has 1 N–H and O–H groups in total. The zero-order valence-corrected chi connectivity index (χ0v) is 11.6. The average molecular weight is 309 g/mol. The number of nitrogens with one attached hydrogen (secondary N) is 1. The van der Waals surface area contributed by atoms with Crippen LogP contribution in [-0.2, 0) is 10.0 Å². The summed E-state index contributed by atoms with van der Waals surface area (Å²) in [6, 6.07) is 10.8.